The number of benzene rings is 2. The fourth-order valence-electron chi connectivity index (χ4n) is 2.08. The van der Waals surface area contributed by atoms with Crippen LogP contribution in [0.2, 0.25) is 0 Å². The largest absolute Gasteiger partial charge is 0.278 e. The number of nitrogens with zero attached hydrogens (tertiary/aromatic N) is 1. The minimum absolute atomic E-state index is 0.187. The van der Waals surface area contributed by atoms with Crippen molar-refractivity contribution < 1.29 is 8.42 Å². The molecule has 0 aliphatic carbocycles. The van der Waals surface area contributed by atoms with Gasteiger partial charge in [0.1, 0.15) is 6.07 Å². The summed E-state index contributed by atoms with van der Waals surface area (Å²) in [6, 6.07) is 15.4. The summed E-state index contributed by atoms with van der Waals surface area (Å²) in [6.45, 7) is 4.20. The van der Waals surface area contributed by atoms with Gasteiger partial charge in [-0.15, -0.1) is 0 Å². The maximum absolute atomic E-state index is 12.4. The molecular weight excluding hydrogens is 296 g/mol. The summed E-state index contributed by atoms with van der Waals surface area (Å²) in [4.78, 5) is 0.187. The first-order chi connectivity index (χ1) is 10.5. The standard InChI is InChI=1S/C17H18N2O2S/c1-3-13(2)14-8-10-16(11-9-14)22(20,21)19-17-7-5-4-6-15(17)12-18/h4-11,13,19H,3H2,1-2H3/t13-/m0/s1. The highest BCUT2D eigenvalue weighted by molar-refractivity contribution is 7.92. The Morgan fingerprint density at radius 3 is 2.36 bits per heavy atom. The maximum atomic E-state index is 12.4. The molecule has 5 heteroatoms. The third kappa shape index (κ3) is 3.46. The highest BCUT2D eigenvalue weighted by atomic mass is 32.2. The van der Waals surface area contributed by atoms with Gasteiger partial charge in [-0.2, -0.15) is 5.26 Å². The van der Waals surface area contributed by atoms with E-state index in [1.54, 1.807) is 36.4 Å². The lowest BCUT2D eigenvalue weighted by Crippen LogP contribution is -2.13. The molecule has 0 unspecified atom stereocenters. The maximum Gasteiger partial charge on any atom is 0.261 e. The zero-order valence-corrected chi connectivity index (χ0v) is 13.4. The van der Waals surface area contributed by atoms with Crippen LogP contribution in [0, 0.1) is 11.3 Å². The number of sulfonamides is 1. The first kappa shape index (κ1) is 16.1. The SMILES string of the molecule is CC[C@H](C)c1ccc(S(=O)(=O)Nc2ccccc2C#N)cc1. The number of hydrogen-bond donors (Lipinski definition) is 1. The van der Waals surface area contributed by atoms with Gasteiger partial charge in [-0.1, -0.05) is 38.1 Å². The molecule has 2 aromatic rings. The van der Waals surface area contributed by atoms with Gasteiger partial charge in [0.15, 0.2) is 0 Å². The molecule has 0 saturated heterocycles. The second-order valence-corrected chi connectivity index (χ2v) is 6.82. The van der Waals surface area contributed by atoms with Gasteiger partial charge in [0.05, 0.1) is 16.1 Å². The summed E-state index contributed by atoms with van der Waals surface area (Å²) < 4.78 is 27.3. The molecule has 1 atom stereocenters. The summed E-state index contributed by atoms with van der Waals surface area (Å²) >= 11 is 0. The first-order valence-electron chi connectivity index (χ1n) is 7.10. The number of nitrogens with one attached hydrogen (secondary N) is 1. The highest BCUT2D eigenvalue weighted by Crippen LogP contribution is 2.23. The van der Waals surface area contributed by atoms with E-state index in [1.165, 1.54) is 0 Å². The van der Waals surface area contributed by atoms with Crippen molar-refractivity contribution in [2.24, 2.45) is 0 Å². The summed E-state index contributed by atoms with van der Waals surface area (Å²) in [5.41, 5.74) is 1.69. The molecule has 0 aromatic heterocycles. The molecule has 4 nitrogen and oxygen atoms in total. The van der Waals surface area contributed by atoms with Crippen LogP contribution in [0.4, 0.5) is 5.69 Å². The van der Waals surface area contributed by atoms with Gasteiger partial charge in [-0.25, -0.2) is 8.42 Å². The van der Waals surface area contributed by atoms with Gasteiger partial charge in [0.2, 0.25) is 0 Å². The summed E-state index contributed by atoms with van der Waals surface area (Å²) in [6.07, 6.45) is 1.000. The predicted octanol–water partition coefficient (Wildman–Crippen LogP) is 3.87. The van der Waals surface area contributed by atoms with Crippen molar-refractivity contribution in [3.63, 3.8) is 0 Å². The van der Waals surface area contributed by atoms with E-state index in [4.69, 9.17) is 5.26 Å². The Labute approximate surface area is 131 Å². The van der Waals surface area contributed by atoms with Gasteiger partial charge in [0.25, 0.3) is 10.0 Å². The molecule has 1 N–H and O–H groups in total. The Balaban J connectivity index is 2.29. The quantitative estimate of drug-likeness (QED) is 0.910. The third-order valence-electron chi connectivity index (χ3n) is 3.66. The van der Waals surface area contributed by atoms with Crippen molar-refractivity contribution >= 4 is 15.7 Å². The molecule has 0 saturated carbocycles. The molecule has 0 bridgehead atoms. The number of rotatable bonds is 5. The molecular formula is C17H18N2O2S. The Bertz CT molecular complexity index is 790. The third-order valence-corrected chi connectivity index (χ3v) is 5.05. The van der Waals surface area contributed by atoms with Crippen LogP contribution in [-0.2, 0) is 10.0 Å². The molecule has 114 valence electrons. The van der Waals surface area contributed by atoms with E-state index in [2.05, 4.69) is 18.6 Å². The van der Waals surface area contributed by atoms with E-state index < -0.39 is 10.0 Å². The van der Waals surface area contributed by atoms with Crippen molar-refractivity contribution in [2.45, 2.75) is 31.1 Å². The van der Waals surface area contributed by atoms with Crippen molar-refractivity contribution in [1.29, 1.82) is 5.26 Å². The molecule has 0 spiro atoms. The van der Waals surface area contributed by atoms with E-state index in [9.17, 15) is 8.42 Å². The first-order valence-corrected chi connectivity index (χ1v) is 8.58. The summed E-state index contributed by atoms with van der Waals surface area (Å²) in [5.74, 6) is 0.393. The minimum atomic E-state index is -3.70. The lowest BCUT2D eigenvalue weighted by Gasteiger charge is -2.12. The molecule has 0 aliphatic rings. The minimum Gasteiger partial charge on any atom is -0.278 e. The van der Waals surface area contributed by atoms with Gasteiger partial charge in [-0.05, 0) is 42.2 Å². The fraction of sp³-hybridized carbons (Fsp3) is 0.235. The van der Waals surface area contributed by atoms with E-state index >= 15 is 0 Å². The lowest BCUT2D eigenvalue weighted by molar-refractivity contribution is 0.601. The van der Waals surface area contributed by atoms with Crippen LogP contribution in [0.25, 0.3) is 0 Å². The monoisotopic (exact) mass is 314 g/mol. The van der Waals surface area contributed by atoms with Crippen molar-refractivity contribution in [1.82, 2.24) is 0 Å². The molecule has 2 rings (SSSR count). The molecule has 0 amide bonds. The van der Waals surface area contributed by atoms with Crippen LogP contribution in [0.3, 0.4) is 0 Å². The van der Waals surface area contributed by atoms with E-state index in [-0.39, 0.29) is 10.6 Å². The molecule has 0 heterocycles. The fourth-order valence-corrected chi connectivity index (χ4v) is 3.16. The number of para-hydroxylation sites is 1. The lowest BCUT2D eigenvalue weighted by atomic mass is 9.99. The molecule has 0 aliphatic heterocycles. The number of anilines is 1. The summed E-state index contributed by atoms with van der Waals surface area (Å²) in [5, 5.41) is 9.03. The normalized spacial score (nSPS) is 12.4. The zero-order valence-electron chi connectivity index (χ0n) is 12.6. The Morgan fingerprint density at radius 2 is 1.77 bits per heavy atom. The predicted molar refractivity (Wildman–Crippen MR) is 87.1 cm³/mol. The molecule has 2 aromatic carbocycles. The topological polar surface area (TPSA) is 70.0 Å². The van der Waals surface area contributed by atoms with Crippen LogP contribution in [0.1, 0.15) is 37.3 Å². The van der Waals surface area contributed by atoms with Crippen LogP contribution in [0.15, 0.2) is 53.4 Å². The molecule has 0 fully saturated rings. The Kier molecular flexibility index (Phi) is 4.84. The number of hydrogen-bond acceptors (Lipinski definition) is 3. The smallest absolute Gasteiger partial charge is 0.261 e. The van der Waals surface area contributed by atoms with Gasteiger partial charge in [0, 0.05) is 0 Å². The highest BCUT2D eigenvalue weighted by Gasteiger charge is 2.16. The van der Waals surface area contributed by atoms with Gasteiger partial charge >= 0.3 is 0 Å². The van der Waals surface area contributed by atoms with Crippen LogP contribution >= 0.6 is 0 Å². The van der Waals surface area contributed by atoms with Crippen LogP contribution in [-0.4, -0.2) is 8.42 Å². The van der Waals surface area contributed by atoms with Crippen molar-refractivity contribution in [3.05, 3.63) is 59.7 Å². The van der Waals surface area contributed by atoms with E-state index in [0.29, 0.717) is 11.5 Å². The molecule has 0 radical (unpaired) electrons. The van der Waals surface area contributed by atoms with Crippen molar-refractivity contribution in [3.8, 4) is 6.07 Å². The average Bonchev–Trinajstić information content (AvgIpc) is 2.54. The van der Waals surface area contributed by atoms with Crippen LogP contribution < -0.4 is 4.72 Å². The zero-order chi connectivity index (χ0) is 16.2. The molecule has 22 heavy (non-hydrogen) atoms. The average molecular weight is 314 g/mol. The second-order valence-electron chi connectivity index (χ2n) is 5.14. The second kappa shape index (κ2) is 6.63. The van der Waals surface area contributed by atoms with Crippen LogP contribution in [0.5, 0.6) is 0 Å². The number of nitriles is 1. The van der Waals surface area contributed by atoms with Gasteiger partial charge in [-0.3, -0.25) is 4.72 Å². The summed E-state index contributed by atoms with van der Waals surface area (Å²) in [7, 11) is -3.70. The Hall–Kier alpha value is -2.32. The van der Waals surface area contributed by atoms with E-state index in [1.807, 2.05) is 18.2 Å². The van der Waals surface area contributed by atoms with E-state index in [0.717, 1.165) is 12.0 Å². The van der Waals surface area contributed by atoms with Gasteiger partial charge < -0.3 is 0 Å². The Morgan fingerprint density at radius 1 is 1.14 bits per heavy atom. The van der Waals surface area contributed by atoms with Crippen molar-refractivity contribution in [2.75, 3.05) is 4.72 Å².